The minimum absolute atomic E-state index is 0.00352. The number of rotatable bonds is 7. The first kappa shape index (κ1) is 18.9. The molecule has 24 heavy (non-hydrogen) atoms. The molecule has 0 spiro atoms. The second-order valence-electron chi connectivity index (χ2n) is 6.96. The van der Waals surface area contributed by atoms with Crippen molar-refractivity contribution in [3.8, 4) is 0 Å². The smallest absolute Gasteiger partial charge is 0.252 e. The normalized spacial score (nSPS) is 17.2. The number of nitrogens with one attached hydrogen (secondary N) is 2. The van der Waals surface area contributed by atoms with Crippen LogP contribution in [0.5, 0.6) is 0 Å². The van der Waals surface area contributed by atoms with Crippen LogP contribution >= 0.6 is 0 Å². The maximum Gasteiger partial charge on any atom is 0.252 e. The second kappa shape index (κ2) is 8.60. The molecular formula is C19H31N3O2. The summed E-state index contributed by atoms with van der Waals surface area (Å²) in [6, 6.07) is 8.92. The Balaban J connectivity index is 1.95. The lowest BCUT2D eigenvalue weighted by Crippen LogP contribution is -2.53. The summed E-state index contributed by atoms with van der Waals surface area (Å²) < 4.78 is 5.57. The Bertz CT molecular complexity index is 539. The quantitative estimate of drug-likeness (QED) is 0.800. The van der Waals surface area contributed by atoms with Crippen LogP contribution in [0.1, 0.15) is 37.8 Å². The molecule has 0 aliphatic carbocycles. The number of nitrogens with zero attached hydrogens (tertiary/aromatic N) is 1. The molecule has 0 saturated carbocycles. The highest BCUT2D eigenvalue weighted by Gasteiger charge is 2.39. The van der Waals surface area contributed by atoms with Crippen molar-refractivity contribution in [2.75, 3.05) is 27.2 Å². The predicted molar refractivity (Wildman–Crippen MR) is 96.7 cm³/mol. The molecule has 2 rings (SSSR count). The van der Waals surface area contributed by atoms with Crippen LogP contribution in [0.15, 0.2) is 24.3 Å². The summed E-state index contributed by atoms with van der Waals surface area (Å²) in [5.41, 5.74) is 1.71. The highest BCUT2D eigenvalue weighted by Crippen LogP contribution is 2.22. The third-order valence-corrected chi connectivity index (χ3v) is 4.97. The monoisotopic (exact) mass is 333 g/mol. The number of benzene rings is 1. The van der Waals surface area contributed by atoms with E-state index in [1.54, 1.807) is 7.11 Å². The summed E-state index contributed by atoms with van der Waals surface area (Å²) in [5.74, 6) is -0.00352. The van der Waals surface area contributed by atoms with E-state index in [-0.39, 0.29) is 5.91 Å². The van der Waals surface area contributed by atoms with Crippen molar-refractivity contribution in [1.82, 2.24) is 15.5 Å². The SMILES string of the molecule is COC1(C(=O)NCc2cccc(CN(C)C(C)C)c2)CCNCC1. The van der Waals surface area contributed by atoms with Crippen LogP contribution in [0.25, 0.3) is 0 Å². The van der Waals surface area contributed by atoms with Gasteiger partial charge >= 0.3 is 0 Å². The molecule has 0 atom stereocenters. The fraction of sp³-hybridized carbons (Fsp3) is 0.632. The van der Waals surface area contributed by atoms with E-state index in [9.17, 15) is 4.79 Å². The summed E-state index contributed by atoms with van der Waals surface area (Å²) in [6.07, 6.45) is 1.43. The van der Waals surface area contributed by atoms with Crippen LogP contribution in [0.2, 0.25) is 0 Å². The molecule has 5 nitrogen and oxygen atoms in total. The zero-order valence-corrected chi connectivity index (χ0v) is 15.4. The zero-order chi connectivity index (χ0) is 17.6. The average Bonchev–Trinajstić information content (AvgIpc) is 2.60. The Morgan fingerprint density at radius 1 is 1.33 bits per heavy atom. The summed E-state index contributed by atoms with van der Waals surface area (Å²) in [7, 11) is 3.76. The number of amides is 1. The summed E-state index contributed by atoms with van der Waals surface area (Å²) >= 11 is 0. The van der Waals surface area contributed by atoms with Crippen molar-refractivity contribution < 1.29 is 9.53 Å². The first-order valence-electron chi connectivity index (χ1n) is 8.79. The Labute approximate surface area is 145 Å². The number of methoxy groups -OCH3 is 1. The fourth-order valence-corrected chi connectivity index (χ4v) is 3.01. The molecule has 5 heteroatoms. The van der Waals surface area contributed by atoms with E-state index in [0.717, 1.165) is 25.2 Å². The Morgan fingerprint density at radius 3 is 2.62 bits per heavy atom. The van der Waals surface area contributed by atoms with Gasteiger partial charge in [0.2, 0.25) is 0 Å². The molecule has 1 aliphatic rings. The number of hydrogen-bond acceptors (Lipinski definition) is 4. The summed E-state index contributed by atoms with van der Waals surface area (Å²) in [6.45, 7) is 7.46. The van der Waals surface area contributed by atoms with Crippen molar-refractivity contribution in [3.63, 3.8) is 0 Å². The molecule has 0 unspecified atom stereocenters. The van der Waals surface area contributed by atoms with Crippen molar-refractivity contribution >= 4 is 5.91 Å². The molecule has 0 bridgehead atoms. The van der Waals surface area contributed by atoms with Crippen molar-refractivity contribution in [2.24, 2.45) is 0 Å². The van der Waals surface area contributed by atoms with E-state index in [0.29, 0.717) is 25.4 Å². The molecule has 1 amide bonds. The molecule has 1 aromatic rings. The van der Waals surface area contributed by atoms with Crippen molar-refractivity contribution in [1.29, 1.82) is 0 Å². The second-order valence-corrected chi connectivity index (χ2v) is 6.96. The van der Waals surface area contributed by atoms with E-state index in [1.807, 2.05) is 0 Å². The Morgan fingerprint density at radius 2 is 2.00 bits per heavy atom. The molecule has 1 aromatic carbocycles. The highest BCUT2D eigenvalue weighted by atomic mass is 16.5. The van der Waals surface area contributed by atoms with Gasteiger partial charge in [-0.05, 0) is 58.0 Å². The van der Waals surface area contributed by atoms with Crippen LogP contribution in [0.4, 0.5) is 0 Å². The molecular weight excluding hydrogens is 302 g/mol. The van der Waals surface area contributed by atoms with Gasteiger partial charge in [0.15, 0.2) is 0 Å². The molecule has 1 saturated heterocycles. The highest BCUT2D eigenvalue weighted by molar-refractivity contribution is 5.85. The third-order valence-electron chi connectivity index (χ3n) is 4.97. The van der Waals surface area contributed by atoms with Crippen LogP contribution in [-0.2, 0) is 22.6 Å². The van der Waals surface area contributed by atoms with Gasteiger partial charge in [-0.3, -0.25) is 9.69 Å². The van der Waals surface area contributed by atoms with E-state index >= 15 is 0 Å². The van der Waals surface area contributed by atoms with Crippen molar-refractivity contribution in [2.45, 2.75) is 51.4 Å². The molecule has 0 radical (unpaired) electrons. The van der Waals surface area contributed by atoms with E-state index in [2.05, 4.69) is 60.7 Å². The van der Waals surface area contributed by atoms with Crippen LogP contribution in [0, 0.1) is 0 Å². The molecule has 1 heterocycles. The van der Waals surface area contributed by atoms with Gasteiger partial charge in [0.05, 0.1) is 0 Å². The minimum atomic E-state index is -0.680. The third kappa shape index (κ3) is 4.79. The topological polar surface area (TPSA) is 53.6 Å². The minimum Gasteiger partial charge on any atom is -0.368 e. The summed E-state index contributed by atoms with van der Waals surface area (Å²) in [4.78, 5) is 14.9. The van der Waals surface area contributed by atoms with E-state index in [4.69, 9.17) is 4.74 Å². The Kier molecular flexibility index (Phi) is 6.78. The van der Waals surface area contributed by atoms with Crippen molar-refractivity contribution in [3.05, 3.63) is 35.4 Å². The molecule has 134 valence electrons. The van der Waals surface area contributed by atoms with Gasteiger partial charge in [-0.1, -0.05) is 24.3 Å². The lowest BCUT2D eigenvalue weighted by Gasteiger charge is -2.34. The molecule has 1 aliphatic heterocycles. The largest absolute Gasteiger partial charge is 0.368 e. The van der Waals surface area contributed by atoms with Gasteiger partial charge in [-0.15, -0.1) is 0 Å². The van der Waals surface area contributed by atoms with Gasteiger partial charge in [0.25, 0.3) is 5.91 Å². The summed E-state index contributed by atoms with van der Waals surface area (Å²) in [5, 5.41) is 6.33. The Hall–Kier alpha value is -1.43. The van der Waals surface area contributed by atoms with Crippen LogP contribution in [0.3, 0.4) is 0 Å². The zero-order valence-electron chi connectivity index (χ0n) is 15.4. The van der Waals surface area contributed by atoms with Gasteiger partial charge in [-0.25, -0.2) is 0 Å². The standard InChI is InChI=1S/C19H31N3O2/c1-15(2)22(3)14-17-7-5-6-16(12-17)13-21-18(23)19(24-4)8-10-20-11-9-19/h5-7,12,15,20H,8-11,13-14H2,1-4H3,(H,21,23). The van der Waals surface area contributed by atoms with Crippen LogP contribution in [-0.4, -0.2) is 49.7 Å². The van der Waals surface area contributed by atoms with Gasteiger partial charge in [-0.2, -0.15) is 0 Å². The number of ether oxygens (including phenoxy) is 1. The van der Waals surface area contributed by atoms with Gasteiger partial charge in [0, 0.05) is 26.2 Å². The van der Waals surface area contributed by atoms with Crippen LogP contribution < -0.4 is 10.6 Å². The average molecular weight is 333 g/mol. The lowest BCUT2D eigenvalue weighted by atomic mass is 9.91. The maximum atomic E-state index is 12.6. The first-order valence-corrected chi connectivity index (χ1v) is 8.79. The fourth-order valence-electron chi connectivity index (χ4n) is 3.01. The number of hydrogen-bond donors (Lipinski definition) is 2. The number of carbonyl (C=O) groups is 1. The van der Waals surface area contributed by atoms with E-state index in [1.165, 1.54) is 5.56 Å². The predicted octanol–water partition coefficient (Wildman–Crippen LogP) is 1.91. The van der Waals surface area contributed by atoms with Gasteiger partial charge in [0.1, 0.15) is 5.60 Å². The van der Waals surface area contributed by atoms with Gasteiger partial charge < -0.3 is 15.4 Å². The number of piperidine rings is 1. The lowest BCUT2D eigenvalue weighted by molar-refractivity contribution is -0.146. The number of carbonyl (C=O) groups excluding carboxylic acids is 1. The first-order chi connectivity index (χ1) is 11.5. The molecule has 0 aromatic heterocycles. The van der Waals surface area contributed by atoms with E-state index < -0.39 is 5.60 Å². The maximum absolute atomic E-state index is 12.6. The molecule has 2 N–H and O–H groups in total. The molecule has 1 fully saturated rings.